The Hall–Kier alpha value is -2.76. The van der Waals surface area contributed by atoms with Crippen molar-refractivity contribution in [3.8, 4) is 11.3 Å². The third-order valence-electron chi connectivity index (χ3n) is 4.71. The highest BCUT2D eigenvalue weighted by atomic mass is 19.4. The third kappa shape index (κ3) is 3.75. The summed E-state index contributed by atoms with van der Waals surface area (Å²) >= 11 is 0. The molecule has 0 aliphatic heterocycles. The monoisotopic (exact) mass is 562 g/mol. The number of hydrogen-bond acceptors (Lipinski definition) is 1. The van der Waals surface area contributed by atoms with Crippen molar-refractivity contribution in [1.82, 2.24) is 10.2 Å². The van der Waals surface area contributed by atoms with E-state index in [1.165, 1.54) is 18.2 Å². The van der Waals surface area contributed by atoms with Gasteiger partial charge in [0.1, 0.15) is 5.69 Å². The normalized spacial score (nSPS) is 15.4. The van der Waals surface area contributed by atoms with Crippen molar-refractivity contribution in [2.75, 3.05) is 0 Å². The molecule has 0 spiro atoms. The Morgan fingerprint density at radius 1 is 0.500 bits per heavy atom. The van der Waals surface area contributed by atoms with E-state index in [-0.39, 0.29) is 11.6 Å². The number of nitrogens with one attached hydrogen (secondary N) is 1. The van der Waals surface area contributed by atoms with Gasteiger partial charge in [-0.1, -0.05) is 30.3 Å². The van der Waals surface area contributed by atoms with Gasteiger partial charge in [-0.3, -0.25) is 5.10 Å². The number of benzene rings is 1. The summed E-state index contributed by atoms with van der Waals surface area (Å²) in [4.78, 5) is 0. The molecule has 36 heavy (non-hydrogen) atoms. The van der Waals surface area contributed by atoms with Gasteiger partial charge < -0.3 is 0 Å². The minimum atomic E-state index is -8.66. The molecule has 204 valence electrons. The molecular weight excluding hydrogens is 555 g/mol. The summed E-state index contributed by atoms with van der Waals surface area (Å²) in [6.07, 6.45) is -7.79. The molecule has 0 fully saturated rings. The first kappa shape index (κ1) is 29.5. The second kappa shape index (κ2) is 8.12. The van der Waals surface area contributed by atoms with Crippen LogP contribution in [-0.2, 0) is 5.92 Å². The molecular formula is C17H7F17N2. The minimum absolute atomic E-state index is 0.151. The highest BCUT2D eigenvalue weighted by Crippen LogP contribution is 2.64. The van der Waals surface area contributed by atoms with Gasteiger partial charge in [0.15, 0.2) is 0 Å². The fourth-order valence-corrected chi connectivity index (χ4v) is 2.57. The first-order valence-corrected chi connectivity index (χ1v) is 8.65. The van der Waals surface area contributed by atoms with Crippen LogP contribution in [0.25, 0.3) is 11.3 Å². The standard InChI is InChI=1S/C17H7F17N2/c18-10(19,9-6-8(35-36-9)7-4-2-1-3-5-7)11(20,21)12(22,23)13(24,25)14(26,27)15(28,29)16(30,31)17(32,33)34/h1-6H,(H,35,36). The Bertz CT molecular complexity index is 1070. The maximum atomic E-state index is 14.2. The minimum Gasteiger partial charge on any atom is -0.276 e. The largest absolute Gasteiger partial charge is 0.460 e. The molecule has 1 heterocycles. The zero-order valence-corrected chi connectivity index (χ0v) is 16.3. The smallest absolute Gasteiger partial charge is 0.276 e. The van der Waals surface area contributed by atoms with E-state index in [0.29, 0.717) is 0 Å². The molecule has 0 amide bonds. The Morgan fingerprint density at radius 2 is 0.889 bits per heavy atom. The van der Waals surface area contributed by atoms with Crippen LogP contribution in [0, 0.1) is 0 Å². The van der Waals surface area contributed by atoms with Gasteiger partial charge in [-0.05, 0) is 6.07 Å². The van der Waals surface area contributed by atoms with Gasteiger partial charge >= 0.3 is 47.6 Å². The van der Waals surface area contributed by atoms with Gasteiger partial charge in [0, 0.05) is 5.56 Å². The van der Waals surface area contributed by atoms with E-state index in [2.05, 4.69) is 5.10 Å². The van der Waals surface area contributed by atoms with Crippen molar-refractivity contribution in [1.29, 1.82) is 0 Å². The molecule has 0 aliphatic carbocycles. The average Bonchev–Trinajstić information content (AvgIpc) is 3.23. The van der Waals surface area contributed by atoms with Gasteiger partial charge in [0.25, 0.3) is 0 Å². The number of halogens is 17. The van der Waals surface area contributed by atoms with Crippen LogP contribution in [0.15, 0.2) is 36.4 Å². The SMILES string of the molecule is FC(F)(F)C(F)(F)C(F)(F)C(F)(F)C(F)(F)C(F)(F)C(F)(F)C(F)(F)c1cc(-c2ccccc2)n[nH]1. The summed E-state index contributed by atoms with van der Waals surface area (Å²) in [5.74, 6) is -56.9. The lowest BCUT2D eigenvalue weighted by molar-refractivity contribution is -0.462. The van der Waals surface area contributed by atoms with Crippen LogP contribution < -0.4 is 0 Å². The van der Waals surface area contributed by atoms with Gasteiger partial charge in [-0.2, -0.15) is 79.7 Å². The Kier molecular flexibility index (Phi) is 6.65. The fourth-order valence-electron chi connectivity index (χ4n) is 2.57. The molecule has 2 aromatic rings. The molecule has 0 bridgehead atoms. The van der Waals surface area contributed by atoms with E-state index in [4.69, 9.17) is 0 Å². The van der Waals surface area contributed by atoms with Crippen LogP contribution in [0.2, 0.25) is 0 Å². The van der Waals surface area contributed by atoms with Crippen LogP contribution in [0.3, 0.4) is 0 Å². The summed E-state index contributed by atoms with van der Waals surface area (Å²) in [6.45, 7) is 0. The van der Waals surface area contributed by atoms with Crippen molar-refractivity contribution >= 4 is 0 Å². The molecule has 1 N–H and O–H groups in total. The van der Waals surface area contributed by atoms with E-state index in [1.807, 2.05) is 0 Å². The van der Waals surface area contributed by atoms with E-state index < -0.39 is 59.0 Å². The predicted molar refractivity (Wildman–Crippen MR) is 83.7 cm³/mol. The van der Waals surface area contributed by atoms with E-state index in [9.17, 15) is 74.6 Å². The number of aromatic nitrogens is 2. The topological polar surface area (TPSA) is 28.7 Å². The van der Waals surface area contributed by atoms with Gasteiger partial charge in [-0.15, -0.1) is 0 Å². The lowest BCUT2D eigenvalue weighted by atomic mass is 9.88. The third-order valence-corrected chi connectivity index (χ3v) is 4.71. The van der Waals surface area contributed by atoms with E-state index in [1.54, 1.807) is 0 Å². The lowest BCUT2D eigenvalue weighted by Gasteiger charge is -2.42. The summed E-state index contributed by atoms with van der Waals surface area (Å²) in [5, 5.41) is 4.02. The van der Waals surface area contributed by atoms with Crippen LogP contribution in [-0.4, -0.2) is 51.9 Å². The zero-order chi connectivity index (χ0) is 28.4. The maximum Gasteiger partial charge on any atom is 0.460 e. The summed E-state index contributed by atoms with van der Waals surface area (Å²) in [5.41, 5.74) is -3.35. The highest BCUT2D eigenvalue weighted by molar-refractivity contribution is 5.59. The van der Waals surface area contributed by atoms with Crippen LogP contribution in [0.4, 0.5) is 74.6 Å². The summed E-state index contributed by atoms with van der Waals surface area (Å²) in [7, 11) is 0. The van der Waals surface area contributed by atoms with Crippen LogP contribution in [0.5, 0.6) is 0 Å². The molecule has 2 nitrogen and oxygen atoms in total. The zero-order valence-electron chi connectivity index (χ0n) is 16.3. The molecule has 1 aromatic carbocycles. The van der Waals surface area contributed by atoms with Crippen molar-refractivity contribution in [2.45, 2.75) is 47.6 Å². The van der Waals surface area contributed by atoms with E-state index >= 15 is 0 Å². The molecule has 19 heteroatoms. The highest BCUT2D eigenvalue weighted by Gasteiger charge is 2.95. The Labute approximate surface area is 187 Å². The Morgan fingerprint density at radius 3 is 1.31 bits per heavy atom. The van der Waals surface area contributed by atoms with E-state index in [0.717, 1.165) is 17.2 Å². The van der Waals surface area contributed by atoms with Crippen molar-refractivity contribution in [2.24, 2.45) is 0 Å². The van der Waals surface area contributed by atoms with Gasteiger partial charge in [0.05, 0.1) is 5.69 Å². The van der Waals surface area contributed by atoms with Crippen LogP contribution in [0.1, 0.15) is 5.69 Å². The number of H-pyrrole nitrogens is 1. The number of alkyl halides is 17. The fraction of sp³-hybridized carbons (Fsp3) is 0.471. The maximum absolute atomic E-state index is 14.2. The average molecular weight is 562 g/mol. The second-order valence-corrected chi connectivity index (χ2v) is 7.05. The summed E-state index contributed by atoms with van der Waals surface area (Å²) < 4.78 is 227. The van der Waals surface area contributed by atoms with Crippen molar-refractivity contribution in [3.63, 3.8) is 0 Å². The molecule has 1 aromatic heterocycles. The number of nitrogens with zero attached hydrogens (tertiary/aromatic N) is 1. The van der Waals surface area contributed by atoms with Gasteiger partial charge in [0.2, 0.25) is 0 Å². The first-order valence-electron chi connectivity index (χ1n) is 8.65. The molecule has 0 saturated heterocycles. The molecule has 0 saturated carbocycles. The molecule has 0 radical (unpaired) electrons. The van der Waals surface area contributed by atoms with Crippen molar-refractivity contribution < 1.29 is 74.6 Å². The lowest BCUT2D eigenvalue weighted by Crippen LogP contribution is -2.74. The van der Waals surface area contributed by atoms with Gasteiger partial charge in [-0.25, -0.2) is 0 Å². The molecule has 2 rings (SSSR count). The quantitative estimate of drug-likeness (QED) is 0.331. The second-order valence-electron chi connectivity index (χ2n) is 7.05. The molecule has 0 atom stereocenters. The Balaban J connectivity index is 2.61. The summed E-state index contributed by atoms with van der Waals surface area (Å²) in [6, 6.07) is 5.82. The number of rotatable bonds is 8. The first-order chi connectivity index (χ1) is 15.8. The van der Waals surface area contributed by atoms with Crippen molar-refractivity contribution in [3.05, 3.63) is 42.1 Å². The predicted octanol–water partition coefficient (Wildman–Crippen LogP) is 7.54. The molecule has 0 unspecified atom stereocenters. The number of aromatic amines is 1. The molecule has 0 aliphatic rings. The number of hydrogen-bond donors (Lipinski definition) is 1. The van der Waals surface area contributed by atoms with Crippen LogP contribution >= 0.6 is 0 Å².